The lowest BCUT2D eigenvalue weighted by molar-refractivity contribution is 0.0584. The molecule has 28 heavy (non-hydrogen) atoms. The van der Waals surface area contributed by atoms with Gasteiger partial charge in [0, 0.05) is 51.4 Å². The van der Waals surface area contributed by atoms with Crippen LogP contribution in [0, 0.1) is 11.7 Å². The summed E-state index contributed by atoms with van der Waals surface area (Å²) in [6, 6.07) is 4.05. The standard InChI is InChI=1S/C20H23FN4O3/c1-23(2)20(28)24-9-12-6-7-13(11-24)25(10-12)19(27)15-8-22-17-14(18(15)26)4-3-5-16(17)21/h3-5,8,12-13H,6-7,9-11H2,1-2H3,(H,22,26). The third kappa shape index (κ3) is 3.02. The zero-order valence-electron chi connectivity index (χ0n) is 15.9. The summed E-state index contributed by atoms with van der Waals surface area (Å²) < 4.78 is 13.9. The number of aromatic nitrogens is 1. The number of piperidine rings is 1. The number of para-hydroxylation sites is 1. The van der Waals surface area contributed by atoms with Crippen LogP contribution in [0.4, 0.5) is 9.18 Å². The number of nitrogens with zero attached hydrogens (tertiary/aromatic N) is 3. The second-order valence-electron chi connectivity index (χ2n) is 7.83. The molecule has 3 saturated heterocycles. The van der Waals surface area contributed by atoms with Crippen molar-refractivity contribution in [2.24, 2.45) is 5.92 Å². The first-order chi connectivity index (χ1) is 13.4. The molecule has 7 nitrogen and oxygen atoms in total. The van der Waals surface area contributed by atoms with Gasteiger partial charge in [-0.25, -0.2) is 9.18 Å². The van der Waals surface area contributed by atoms with Crippen molar-refractivity contribution in [1.82, 2.24) is 19.7 Å². The predicted octanol–water partition coefficient (Wildman–Crippen LogP) is 1.89. The lowest BCUT2D eigenvalue weighted by atomic mass is 9.94. The Kier molecular flexibility index (Phi) is 4.56. The number of hydrogen-bond acceptors (Lipinski definition) is 3. The number of pyridine rings is 1. The minimum Gasteiger partial charge on any atom is -0.358 e. The number of benzene rings is 1. The molecular weight excluding hydrogens is 363 g/mol. The van der Waals surface area contributed by atoms with Crippen molar-refractivity contribution in [3.8, 4) is 0 Å². The predicted molar refractivity (Wildman–Crippen MR) is 103 cm³/mol. The second kappa shape index (κ2) is 6.92. The summed E-state index contributed by atoms with van der Waals surface area (Å²) >= 11 is 0. The van der Waals surface area contributed by atoms with E-state index in [1.165, 1.54) is 24.4 Å². The Labute approximate surface area is 161 Å². The molecule has 3 fully saturated rings. The van der Waals surface area contributed by atoms with Gasteiger partial charge in [-0.1, -0.05) is 6.07 Å². The monoisotopic (exact) mass is 386 g/mol. The fourth-order valence-corrected chi connectivity index (χ4v) is 4.30. The molecule has 1 aromatic heterocycles. The van der Waals surface area contributed by atoms with Crippen LogP contribution in [0.15, 0.2) is 29.2 Å². The first-order valence-electron chi connectivity index (χ1n) is 9.44. The first kappa shape index (κ1) is 18.5. The molecule has 5 rings (SSSR count). The molecule has 3 amide bonds. The maximum absolute atomic E-state index is 13.9. The summed E-state index contributed by atoms with van der Waals surface area (Å²) in [5.74, 6) is -0.704. The summed E-state index contributed by atoms with van der Waals surface area (Å²) in [5, 5.41) is 0.162. The van der Waals surface area contributed by atoms with Crippen molar-refractivity contribution < 1.29 is 14.0 Å². The largest absolute Gasteiger partial charge is 0.358 e. The molecule has 1 aromatic carbocycles. The van der Waals surface area contributed by atoms with E-state index in [4.69, 9.17) is 0 Å². The zero-order chi connectivity index (χ0) is 20.0. The van der Waals surface area contributed by atoms with Crippen LogP contribution in [0.3, 0.4) is 0 Å². The van der Waals surface area contributed by atoms with Gasteiger partial charge in [0.25, 0.3) is 5.91 Å². The molecule has 2 atom stereocenters. The van der Waals surface area contributed by atoms with Crippen LogP contribution in [0.1, 0.15) is 23.2 Å². The highest BCUT2D eigenvalue weighted by Crippen LogP contribution is 2.29. The number of aromatic amines is 1. The van der Waals surface area contributed by atoms with E-state index in [2.05, 4.69) is 4.98 Å². The van der Waals surface area contributed by atoms with Crippen molar-refractivity contribution in [1.29, 1.82) is 0 Å². The minimum atomic E-state index is -0.528. The summed E-state index contributed by atoms with van der Waals surface area (Å²) in [7, 11) is 3.43. The van der Waals surface area contributed by atoms with Gasteiger partial charge >= 0.3 is 6.03 Å². The summed E-state index contributed by atoms with van der Waals surface area (Å²) in [6.45, 7) is 1.58. The average Bonchev–Trinajstić information content (AvgIpc) is 2.99. The normalized spacial score (nSPS) is 21.7. The molecule has 2 unspecified atom stereocenters. The van der Waals surface area contributed by atoms with Crippen molar-refractivity contribution in [2.75, 3.05) is 33.7 Å². The number of amides is 3. The fourth-order valence-electron chi connectivity index (χ4n) is 4.30. The van der Waals surface area contributed by atoms with Gasteiger partial charge in [0.1, 0.15) is 11.4 Å². The maximum atomic E-state index is 13.9. The molecule has 0 radical (unpaired) electrons. The van der Waals surface area contributed by atoms with Gasteiger partial charge in [-0.05, 0) is 30.9 Å². The third-order valence-electron chi connectivity index (χ3n) is 5.72. The van der Waals surface area contributed by atoms with Crippen LogP contribution in [0.25, 0.3) is 10.9 Å². The Hall–Kier alpha value is -2.90. The van der Waals surface area contributed by atoms with E-state index in [9.17, 15) is 18.8 Å². The zero-order valence-corrected chi connectivity index (χ0v) is 15.9. The molecule has 2 bridgehead atoms. The van der Waals surface area contributed by atoms with Crippen LogP contribution in [0.2, 0.25) is 0 Å². The highest BCUT2D eigenvalue weighted by Gasteiger charge is 2.39. The van der Waals surface area contributed by atoms with Crippen molar-refractivity contribution in [3.05, 3.63) is 46.0 Å². The first-order valence-corrected chi connectivity index (χ1v) is 9.44. The number of rotatable bonds is 1. The van der Waals surface area contributed by atoms with E-state index in [1.807, 2.05) is 0 Å². The van der Waals surface area contributed by atoms with Crippen molar-refractivity contribution in [2.45, 2.75) is 18.9 Å². The lowest BCUT2D eigenvalue weighted by Gasteiger charge is -2.36. The molecule has 8 heteroatoms. The topological polar surface area (TPSA) is 76.7 Å². The van der Waals surface area contributed by atoms with Gasteiger partial charge in [0.05, 0.1) is 5.52 Å². The molecule has 4 heterocycles. The van der Waals surface area contributed by atoms with E-state index in [-0.39, 0.29) is 40.4 Å². The minimum absolute atomic E-state index is 0.0103. The molecular formula is C20H23FN4O3. The summed E-state index contributed by atoms with van der Waals surface area (Å²) in [4.78, 5) is 46.2. The Balaban J connectivity index is 1.66. The Morgan fingerprint density at radius 3 is 2.71 bits per heavy atom. The number of halogens is 1. The van der Waals surface area contributed by atoms with Gasteiger partial charge < -0.3 is 19.7 Å². The van der Waals surface area contributed by atoms with E-state index >= 15 is 0 Å². The van der Waals surface area contributed by atoms with Gasteiger partial charge in [-0.15, -0.1) is 0 Å². The summed E-state index contributed by atoms with van der Waals surface area (Å²) in [6.07, 6.45) is 3.05. The molecule has 3 aliphatic rings. The second-order valence-corrected chi connectivity index (χ2v) is 7.83. The van der Waals surface area contributed by atoms with Crippen LogP contribution < -0.4 is 5.43 Å². The highest BCUT2D eigenvalue weighted by atomic mass is 19.1. The maximum Gasteiger partial charge on any atom is 0.319 e. The molecule has 148 valence electrons. The fraction of sp³-hybridized carbons (Fsp3) is 0.450. The lowest BCUT2D eigenvalue weighted by Crippen LogP contribution is -2.49. The Morgan fingerprint density at radius 2 is 1.96 bits per heavy atom. The van der Waals surface area contributed by atoms with E-state index in [0.717, 1.165) is 12.8 Å². The van der Waals surface area contributed by atoms with Gasteiger partial charge in [0.15, 0.2) is 0 Å². The molecule has 1 N–H and O–H groups in total. The van der Waals surface area contributed by atoms with E-state index in [0.29, 0.717) is 19.6 Å². The third-order valence-corrected chi connectivity index (χ3v) is 5.72. The molecule has 0 saturated carbocycles. The van der Waals surface area contributed by atoms with Crippen LogP contribution in [0.5, 0.6) is 0 Å². The van der Waals surface area contributed by atoms with Gasteiger partial charge in [0.2, 0.25) is 5.43 Å². The molecule has 0 spiro atoms. The molecule has 2 aromatic rings. The summed E-state index contributed by atoms with van der Waals surface area (Å²) in [5.41, 5.74) is -0.361. The number of nitrogens with one attached hydrogen (secondary N) is 1. The quantitative estimate of drug-likeness (QED) is 0.813. The van der Waals surface area contributed by atoms with Gasteiger partial charge in [-0.2, -0.15) is 0 Å². The van der Waals surface area contributed by atoms with E-state index < -0.39 is 11.2 Å². The number of urea groups is 1. The molecule has 0 aliphatic carbocycles. The average molecular weight is 386 g/mol. The van der Waals surface area contributed by atoms with Crippen LogP contribution in [-0.4, -0.2) is 71.4 Å². The number of carbonyl (C=O) groups excluding carboxylic acids is 2. The number of H-pyrrole nitrogens is 1. The van der Waals surface area contributed by atoms with Crippen LogP contribution >= 0.6 is 0 Å². The smallest absolute Gasteiger partial charge is 0.319 e. The number of carbonyl (C=O) groups is 2. The SMILES string of the molecule is CN(C)C(=O)N1CC2CCC(C1)N(C(=O)c1c[nH]c3c(F)cccc3c1=O)C2. The molecule has 3 aliphatic heterocycles. The van der Waals surface area contributed by atoms with E-state index in [1.54, 1.807) is 28.8 Å². The van der Waals surface area contributed by atoms with Crippen molar-refractivity contribution in [3.63, 3.8) is 0 Å². The van der Waals surface area contributed by atoms with Crippen LogP contribution in [-0.2, 0) is 0 Å². The number of fused-ring (bicyclic) bond motifs is 5. The van der Waals surface area contributed by atoms with Crippen molar-refractivity contribution >= 4 is 22.8 Å². The Bertz CT molecular complexity index is 1000. The number of hydrogen-bond donors (Lipinski definition) is 1. The highest BCUT2D eigenvalue weighted by molar-refractivity contribution is 5.97. The van der Waals surface area contributed by atoms with Gasteiger partial charge in [-0.3, -0.25) is 9.59 Å². The Morgan fingerprint density at radius 1 is 1.18 bits per heavy atom.